The van der Waals surface area contributed by atoms with Crippen LogP contribution in [0.15, 0.2) is 0 Å². The first-order valence-electron chi connectivity index (χ1n) is 8.82. The molecule has 21 heavy (non-hydrogen) atoms. The summed E-state index contributed by atoms with van der Waals surface area (Å²) in [4.78, 5) is 14.8. The molecule has 3 aliphatic heterocycles. The van der Waals surface area contributed by atoms with Gasteiger partial charge in [-0.2, -0.15) is 0 Å². The molecule has 0 aromatic carbocycles. The van der Waals surface area contributed by atoms with E-state index in [0.717, 1.165) is 31.3 Å². The minimum Gasteiger partial charge on any atom is -0.342 e. The van der Waals surface area contributed by atoms with E-state index < -0.39 is 0 Å². The summed E-state index contributed by atoms with van der Waals surface area (Å²) >= 11 is 0. The number of nitrogens with zero attached hydrogens (tertiary/aromatic N) is 1. The van der Waals surface area contributed by atoms with Crippen molar-refractivity contribution < 1.29 is 4.79 Å². The lowest BCUT2D eigenvalue weighted by molar-refractivity contribution is -0.131. The van der Waals surface area contributed by atoms with Crippen molar-refractivity contribution in [3.63, 3.8) is 0 Å². The predicted octanol–water partition coefficient (Wildman–Crippen LogP) is 2.98. The standard InChI is InChI=1S/C17H28N2O.ClH/c20-17(9-12-7-15-5-6-16(8-12)18-15)19-10-13-3-1-2-4-14(13)11-19;/h12-16,18H,1-11H2;1H. The Hall–Kier alpha value is -0.280. The lowest BCUT2D eigenvalue weighted by Crippen LogP contribution is -2.40. The number of carbonyl (C=O) groups is 1. The Morgan fingerprint density at radius 3 is 2.10 bits per heavy atom. The first-order valence-corrected chi connectivity index (χ1v) is 8.82. The number of amides is 1. The average Bonchev–Trinajstić information content (AvgIpc) is 3.02. The Labute approximate surface area is 134 Å². The molecule has 0 aromatic heterocycles. The Kier molecular flexibility index (Phi) is 4.80. The second-order valence-corrected chi connectivity index (χ2v) is 7.78. The van der Waals surface area contributed by atoms with E-state index in [4.69, 9.17) is 0 Å². The van der Waals surface area contributed by atoms with Crippen LogP contribution in [0.1, 0.15) is 57.8 Å². The van der Waals surface area contributed by atoms with Crippen molar-refractivity contribution in [1.82, 2.24) is 10.2 Å². The van der Waals surface area contributed by atoms with Crippen molar-refractivity contribution in [3.8, 4) is 0 Å². The molecule has 0 aromatic rings. The van der Waals surface area contributed by atoms with Gasteiger partial charge in [0.15, 0.2) is 0 Å². The molecule has 1 amide bonds. The topological polar surface area (TPSA) is 32.3 Å². The highest BCUT2D eigenvalue weighted by Gasteiger charge is 2.38. The molecule has 4 unspecified atom stereocenters. The van der Waals surface area contributed by atoms with Crippen LogP contribution in [-0.2, 0) is 4.79 Å². The van der Waals surface area contributed by atoms with Crippen molar-refractivity contribution in [1.29, 1.82) is 0 Å². The highest BCUT2D eigenvalue weighted by Crippen LogP contribution is 2.37. The van der Waals surface area contributed by atoms with E-state index in [2.05, 4.69) is 10.2 Å². The van der Waals surface area contributed by atoms with E-state index in [1.165, 1.54) is 51.4 Å². The fraction of sp³-hybridized carbons (Fsp3) is 0.941. The molecule has 4 rings (SSSR count). The van der Waals surface area contributed by atoms with Crippen molar-refractivity contribution in [2.24, 2.45) is 17.8 Å². The zero-order valence-electron chi connectivity index (χ0n) is 12.9. The summed E-state index contributed by atoms with van der Waals surface area (Å²) in [5.41, 5.74) is 0. The van der Waals surface area contributed by atoms with Gasteiger partial charge in [-0.25, -0.2) is 0 Å². The fourth-order valence-electron chi connectivity index (χ4n) is 5.33. The first kappa shape index (κ1) is 15.6. The van der Waals surface area contributed by atoms with Gasteiger partial charge in [0.2, 0.25) is 5.91 Å². The maximum atomic E-state index is 12.6. The lowest BCUT2D eigenvalue weighted by atomic mass is 9.82. The van der Waals surface area contributed by atoms with Gasteiger partial charge in [0.05, 0.1) is 0 Å². The molecule has 4 fully saturated rings. The summed E-state index contributed by atoms with van der Waals surface area (Å²) in [6, 6.07) is 1.43. The highest BCUT2D eigenvalue weighted by molar-refractivity contribution is 5.85. The molecule has 4 atom stereocenters. The maximum absolute atomic E-state index is 12.6. The van der Waals surface area contributed by atoms with Crippen LogP contribution >= 0.6 is 12.4 Å². The smallest absolute Gasteiger partial charge is 0.222 e. The first-order chi connectivity index (χ1) is 9.78. The maximum Gasteiger partial charge on any atom is 0.222 e. The minimum absolute atomic E-state index is 0. The normalized spacial score (nSPS) is 41.5. The van der Waals surface area contributed by atoms with Crippen LogP contribution in [0, 0.1) is 17.8 Å². The number of carbonyl (C=O) groups excluding carboxylic acids is 1. The Balaban J connectivity index is 0.00000132. The fourth-order valence-corrected chi connectivity index (χ4v) is 5.33. The summed E-state index contributed by atoms with van der Waals surface area (Å²) < 4.78 is 0. The number of likely N-dealkylation sites (tertiary alicyclic amines) is 1. The molecule has 0 radical (unpaired) electrons. The van der Waals surface area contributed by atoms with Crippen molar-refractivity contribution >= 4 is 18.3 Å². The van der Waals surface area contributed by atoms with Gasteiger partial charge in [-0.1, -0.05) is 12.8 Å². The van der Waals surface area contributed by atoms with Crippen LogP contribution in [0.2, 0.25) is 0 Å². The van der Waals surface area contributed by atoms with E-state index in [1.54, 1.807) is 0 Å². The third-order valence-electron chi connectivity index (χ3n) is 6.36. The molecule has 0 spiro atoms. The van der Waals surface area contributed by atoms with Crippen LogP contribution in [0.4, 0.5) is 0 Å². The second kappa shape index (κ2) is 6.45. The van der Waals surface area contributed by atoms with Crippen LogP contribution in [0.3, 0.4) is 0 Å². The number of hydrogen-bond acceptors (Lipinski definition) is 2. The van der Waals surface area contributed by atoms with Crippen LogP contribution < -0.4 is 5.32 Å². The molecular formula is C17H29ClN2O. The molecule has 4 heteroatoms. The summed E-state index contributed by atoms with van der Waals surface area (Å²) in [6.45, 7) is 2.14. The SMILES string of the molecule is Cl.O=C(CC1CC2CCC(C1)N2)N1CC2CCCCC2C1. The summed E-state index contributed by atoms with van der Waals surface area (Å²) in [6.07, 6.45) is 11.5. The number of piperidine rings is 1. The van der Waals surface area contributed by atoms with E-state index in [1.807, 2.05) is 0 Å². The molecule has 1 N–H and O–H groups in total. The zero-order valence-corrected chi connectivity index (χ0v) is 13.7. The Morgan fingerprint density at radius 2 is 1.52 bits per heavy atom. The molecule has 2 bridgehead atoms. The van der Waals surface area contributed by atoms with Gasteiger partial charge >= 0.3 is 0 Å². The van der Waals surface area contributed by atoms with E-state index in [0.29, 0.717) is 23.9 Å². The van der Waals surface area contributed by atoms with Crippen molar-refractivity contribution in [2.75, 3.05) is 13.1 Å². The third-order valence-corrected chi connectivity index (χ3v) is 6.36. The molecule has 120 valence electrons. The van der Waals surface area contributed by atoms with E-state index >= 15 is 0 Å². The van der Waals surface area contributed by atoms with Gasteiger partial charge in [0, 0.05) is 31.6 Å². The number of rotatable bonds is 2. The molecule has 4 aliphatic rings. The summed E-state index contributed by atoms with van der Waals surface area (Å²) in [5, 5.41) is 3.68. The van der Waals surface area contributed by atoms with Gasteiger partial charge in [-0.05, 0) is 56.3 Å². The summed E-state index contributed by atoms with van der Waals surface area (Å²) in [7, 11) is 0. The number of hydrogen-bond donors (Lipinski definition) is 1. The van der Waals surface area contributed by atoms with Gasteiger partial charge in [0.25, 0.3) is 0 Å². The van der Waals surface area contributed by atoms with Crippen LogP contribution in [-0.4, -0.2) is 36.0 Å². The molecule has 3 heterocycles. The molecular weight excluding hydrogens is 284 g/mol. The third kappa shape index (κ3) is 3.24. The van der Waals surface area contributed by atoms with Gasteiger partial charge in [0.1, 0.15) is 0 Å². The predicted molar refractivity (Wildman–Crippen MR) is 86.6 cm³/mol. The zero-order chi connectivity index (χ0) is 13.5. The van der Waals surface area contributed by atoms with Crippen LogP contribution in [0.5, 0.6) is 0 Å². The van der Waals surface area contributed by atoms with E-state index in [9.17, 15) is 4.79 Å². The Morgan fingerprint density at radius 1 is 0.952 bits per heavy atom. The molecule has 3 nitrogen and oxygen atoms in total. The minimum atomic E-state index is 0. The van der Waals surface area contributed by atoms with Crippen LogP contribution in [0.25, 0.3) is 0 Å². The van der Waals surface area contributed by atoms with Crippen molar-refractivity contribution in [2.45, 2.75) is 69.9 Å². The molecule has 3 saturated heterocycles. The largest absolute Gasteiger partial charge is 0.342 e. The molecule has 1 aliphatic carbocycles. The Bertz CT molecular complexity index is 363. The highest BCUT2D eigenvalue weighted by atomic mass is 35.5. The summed E-state index contributed by atoms with van der Waals surface area (Å²) in [5.74, 6) is 2.78. The molecule has 1 saturated carbocycles. The number of nitrogens with one attached hydrogen (secondary N) is 1. The van der Waals surface area contributed by atoms with Gasteiger partial charge in [-0.15, -0.1) is 12.4 Å². The van der Waals surface area contributed by atoms with E-state index in [-0.39, 0.29) is 12.4 Å². The number of halogens is 1. The number of fused-ring (bicyclic) bond motifs is 3. The quantitative estimate of drug-likeness (QED) is 0.850. The monoisotopic (exact) mass is 312 g/mol. The van der Waals surface area contributed by atoms with Gasteiger partial charge < -0.3 is 10.2 Å². The van der Waals surface area contributed by atoms with Crippen molar-refractivity contribution in [3.05, 3.63) is 0 Å². The average molecular weight is 313 g/mol. The van der Waals surface area contributed by atoms with Gasteiger partial charge in [-0.3, -0.25) is 4.79 Å². The second-order valence-electron chi connectivity index (χ2n) is 7.78. The lowest BCUT2D eigenvalue weighted by Gasteiger charge is -2.30.